The number of aldehydes is 1. The predicted molar refractivity (Wildman–Crippen MR) is 43.8 cm³/mol. The summed E-state index contributed by atoms with van der Waals surface area (Å²) < 4.78 is 5.06. The first-order valence-electron chi connectivity index (χ1n) is 4.04. The highest BCUT2D eigenvalue weighted by atomic mass is 16.5. The molecule has 0 bridgehead atoms. The van der Waals surface area contributed by atoms with Crippen molar-refractivity contribution in [3.63, 3.8) is 0 Å². The van der Waals surface area contributed by atoms with Crippen molar-refractivity contribution in [2.24, 2.45) is 0 Å². The zero-order valence-corrected chi connectivity index (χ0v) is 7.43. The quantitative estimate of drug-likeness (QED) is 0.546. The van der Waals surface area contributed by atoms with Crippen LogP contribution in [0, 0.1) is 0 Å². The van der Waals surface area contributed by atoms with E-state index >= 15 is 0 Å². The Kier molecular flexibility index (Phi) is 5.88. The van der Waals surface area contributed by atoms with Crippen molar-refractivity contribution in [2.45, 2.75) is 38.6 Å². The maximum absolute atomic E-state index is 10.1. The fourth-order valence-corrected chi connectivity index (χ4v) is 0.926. The molecule has 0 saturated heterocycles. The first kappa shape index (κ1) is 11.6. The Labute approximate surface area is 72.2 Å². The molecular weight excluding hydrogens is 160 g/mol. The highest BCUT2D eigenvalue weighted by molar-refractivity contribution is 5.50. The summed E-state index contributed by atoms with van der Waals surface area (Å²) in [7, 11) is 0. The van der Waals surface area contributed by atoms with Crippen LogP contribution in [0.15, 0.2) is 0 Å². The molecule has 0 heterocycles. The van der Waals surface area contributed by atoms with Gasteiger partial charge in [-0.05, 0) is 13.8 Å². The Morgan fingerprint density at radius 3 is 2.42 bits per heavy atom. The summed E-state index contributed by atoms with van der Waals surface area (Å²) in [4.78, 5) is 10.1. The Morgan fingerprint density at radius 1 is 1.50 bits per heavy atom. The average Bonchev–Trinajstić information content (AvgIpc) is 2.03. The van der Waals surface area contributed by atoms with Gasteiger partial charge < -0.3 is 19.7 Å². The number of carbonyl (C=O) groups excluding carboxylic acids is 1. The van der Waals surface area contributed by atoms with Crippen LogP contribution in [0.4, 0.5) is 0 Å². The fourth-order valence-electron chi connectivity index (χ4n) is 0.926. The number of ether oxygens (including phenoxy) is 1. The van der Waals surface area contributed by atoms with Crippen LogP contribution in [-0.2, 0) is 9.53 Å². The summed E-state index contributed by atoms with van der Waals surface area (Å²) in [6, 6.07) is 0. The summed E-state index contributed by atoms with van der Waals surface area (Å²) in [5, 5.41) is 18.3. The largest absolute Gasteiger partial charge is 0.391 e. The van der Waals surface area contributed by atoms with E-state index < -0.39 is 18.3 Å². The van der Waals surface area contributed by atoms with Crippen molar-refractivity contribution in [3.8, 4) is 0 Å². The second kappa shape index (κ2) is 6.11. The Hall–Kier alpha value is -0.450. The predicted octanol–water partition coefficient (Wildman–Crippen LogP) is -0.278. The lowest BCUT2D eigenvalue weighted by molar-refractivity contribution is -0.117. The molecule has 3 atom stereocenters. The van der Waals surface area contributed by atoms with E-state index in [0.29, 0.717) is 12.9 Å². The van der Waals surface area contributed by atoms with E-state index in [4.69, 9.17) is 9.84 Å². The maximum Gasteiger partial charge on any atom is 0.122 e. The molecule has 0 aliphatic carbocycles. The molecule has 72 valence electrons. The van der Waals surface area contributed by atoms with E-state index in [2.05, 4.69) is 0 Å². The van der Waals surface area contributed by atoms with Gasteiger partial charge >= 0.3 is 0 Å². The van der Waals surface area contributed by atoms with E-state index in [1.165, 1.54) is 6.92 Å². The average molecular weight is 176 g/mol. The highest BCUT2D eigenvalue weighted by Crippen LogP contribution is 2.07. The lowest BCUT2D eigenvalue weighted by Crippen LogP contribution is -2.37. The second-order valence-electron chi connectivity index (χ2n) is 2.63. The molecule has 0 amide bonds. The third-order valence-electron chi connectivity index (χ3n) is 1.58. The molecule has 0 aromatic rings. The zero-order valence-electron chi connectivity index (χ0n) is 7.43. The van der Waals surface area contributed by atoms with Gasteiger partial charge in [-0.2, -0.15) is 0 Å². The van der Waals surface area contributed by atoms with Gasteiger partial charge in [0.05, 0.1) is 12.2 Å². The van der Waals surface area contributed by atoms with Crippen LogP contribution in [0.2, 0.25) is 0 Å². The van der Waals surface area contributed by atoms with Crippen LogP contribution in [0.5, 0.6) is 0 Å². The van der Waals surface area contributed by atoms with Crippen LogP contribution >= 0.6 is 0 Å². The van der Waals surface area contributed by atoms with Gasteiger partial charge in [0.15, 0.2) is 0 Å². The number of aliphatic hydroxyl groups excluding tert-OH is 2. The van der Waals surface area contributed by atoms with Gasteiger partial charge in [-0.1, -0.05) is 0 Å². The molecule has 0 rings (SSSR count). The standard InChI is InChI=1S/C8H16O4/c1-3-12-7(4-5-9)8(11)6(2)10/h5-8,10-11H,3-4H2,1-2H3/t6-,7-,8-/m1/s1. The minimum atomic E-state index is -0.991. The van der Waals surface area contributed by atoms with Gasteiger partial charge in [0.2, 0.25) is 0 Å². The molecule has 0 radical (unpaired) electrons. The van der Waals surface area contributed by atoms with E-state index in [1.807, 2.05) is 0 Å². The molecule has 0 unspecified atom stereocenters. The first-order chi connectivity index (χ1) is 5.63. The lowest BCUT2D eigenvalue weighted by Gasteiger charge is -2.22. The van der Waals surface area contributed by atoms with Gasteiger partial charge in [-0.3, -0.25) is 0 Å². The van der Waals surface area contributed by atoms with Gasteiger partial charge in [-0.25, -0.2) is 0 Å². The maximum atomic E-state index is 10.1. The number of rotatable bonds is 6. The van der Waals surface area contributed by atoms with Crippen molar-refractivity contribution < 1.29 is 19.7 Å². The van der Waals surface area contributed by atoms with Gasteiger partial charge in [-0.15, -0.1) is 0 Å². The SMILES string of the molecule is CCO[C@H](CC=O)[C@H](O)[C@@H](C)O. The van der Waals surface area contributed by atoms with Crippen molar-refractivity contribution >= 4 is 6.29 Å². The molecule has 0 aliphatic heterocycles. The van der Waals surface area contributed by atoms with Crippen LogP contribution in [0.1, 0.15) is 20.3 Å². The summed E-state index contributed by atoms with van der Waals surface area (Å²) in [6.07, 6.45) is -1.67. The normalized spacial score (nSPS) is 18.3. The molecule has 0 fully saturated rings. The molecule has 0 aromatic carbocycles. The molecule has 2 N–H and O–H groups in total. The minimum Gasteiger partial charge on any atom is -0.391 e. The molecule has 4 heteroatoms. The molecule has 12 heavy (non-hydrogen) atoms. The fraction of sp³-hybridized carbons (Fsp3) is 0.875. The summed E-state index contributed by atoms with van der Waals surface area (Å²) in [6.45, 7) is 3.65. The van der Waals surface area contributed by atoms with Crippen LogP contribution in [-0.4, -0.2) is 41.4 Å². The topological polar surface area (TPSA) is 66.8 Å². The highest BCUT2D eigenvalue weighted by Gasteiger charge is 2.23. The first-order valence-corrected chi connectivity index (χ1v) is 4.04. The molecule has 0 aliphatic rings. The van der Waals surface area contributed by atoms with E-state index in [0.717, 1.165) is 0 Å². The number of hydrogen-bond donors (Lipinski definition) is 2. The van der Waals surface area contributed by atoms with Crippen LogP contribution in [0.3, 0.4) is 0 Å². The van der Waals surface area contributed by atoms with E-state index in [9.17, 15) is 9.90 Å². The summed E-state index contributed by atoms with van der Waals surface area (Å²) in [5.41, 5.74) is 0. The number of carbonyl (C=O) groups is 1. The van der Waals surface area contributed by atoms with Crippen molar-refractivity contribution in [2.75, 3.05) is 6.61 Å². The van der Waals surface area contributed by atoms with Crippen molar-refractivity contribution in [3.05, 3.63) is 0 Å². The number of hydrogen-bond acceptors (Lipinski definition) is 4. The summed E-state index contributed by atoms with van der Waals surface area (Å²) in [5.74, 6) is 0. The van der Waals surface area contributed by atoms with E-state index in [1.54, 1.807) is 6.92 Å². The van der Waals surface area contributed by atoms with E-state index in [-0.39, 0.29) is 6.42 Å². The molecule has 0 spiro atoms. The van der Waals surface area contributed by atoms with Crippen molar-refractivity contribution in [1.82, 2.24) is 0 Å². The third kappa shape index (κ3) is 3.80. The molecule has 0 saturated carbocycles. The van der Waals surface area contributed by atoms with Crippen LogP contribution < -0.4 is 0 Å². The second-order valence-corrected chi connectivity index (χ2v) is 2.63. The summed E-state index contributed by atoms with van der Waals surface area (Å²) >= 11 is 0. The van der Waals surface area contributed by atoms with Crippen LogP contribution in [0.25, 0.3) is 0 Å². The van der Waals surface area contributed by atoms with Gasteiger partial charge in [0, 0.05) is 13.0 Å². The van der Waals surface area contributed by atoms with Gasteiger partial charge in [0.1, 0.15) is 12.4 Å². The third-order valence-corrected chi connectivity index (χ3v) is 1.58. The smallest absolute Gasteiger partial charge is 0.122 e. The Bertz CT molecular complexity index is 124. The van der Waals surface area contributed by atoms with Gasteiger partial charge in [0.25, 0.3) is 0 Å². The monoisotopic (exact) mass is 176 g/mol. The Balaban J connectivity index is 3.98. The zero-order chi connectivity index (χ0) is 9.56. The molecule has 4 nitrogen and oxygen atoms in total. The molecular formula is C8H16O4. The number of aliphatic hydroxyl groups is 2. The lowest BCUT2D eigenvalue weighted by atomic mass is 10.1. The minimum absolute atomic E-state index is 0.111. The Morgan fingerprint density at radius 2 is 2.08 bits per heavy atom. The van der Waals surface area contributed by atoms with Crippen molar-refractivity contribution in [1.29, 1.82) is 0 Å². The molecule has 0 aromatic heterocycles.